The summed E-state index contributed by atoms with van der Waals surface area (Å²) >= 11 is 0. The minimum Gasteiger partial charge on any atom is -0.481 e. The lowest BCUT2D eigenvalue weighted by molar-refractivity contribution is -0.215. The van der Waals surface area contributed by atoms with Gasteiger partial charge in [-0.1, -0.05) is 19.8 Å². The first-order valence-corrected chi connectivity index (χ1v) is 9.09. The number of carboxylic acid groups (broad SMARTS) is 1. The van der Waals surface area contributed by atoms with E-state index in [0.29, 0.717) is 13.0 Å². The summed E-state index contributed by atoms with van der Waals surface area (Å²) in [7, 11) is 0. The lowest BCUT2D eigenvalue weighted by Gasteiger charge is -2.36. The first kappa shape index (κ1) is 22.4. The van der Waals surface area contributed by atoms with Gasteiger partial charge in [0.1, 0.15) is 11.7 Å². The highest BCUT2D eigenvalue weighted by Crippen LogP contribution is 2.28. The predicted molar refractivity (Wildman–Crippen MR) is 96.9 cm³/mol. The van der Waals surface area contributed by atoms with Crippen molar-refractivity contribution in [3.63, 3.8) is 0 Å². The van der Waals surface area contributed by atoms with Gasteiger partial charge in [0.15, 0.2) is 6.29 Å². The molecule has 150 valence electrons. The molecule has 1 amide bonds. The summed E-state index contributed by atoms with van der Waals surface area (Å²) in [6.07, 6.45) is 2.87. The molecule has 1 unspecified atom stereocenters. The normalized spacial score (nSPS) is 25.0. The van der Waals surface area contributed by atoms with Gasteiger partial charge >= 0.3 is 12.1 Å². The minimum atomic E-state index is -0.769. The van der Waals surface area contributed by atoms with Gasteiger partial charge in [-0.3, -0.25) is 4.79 Å². The van der Waals surface area contributed by atoms with Crippen LogP contribution in [-0.2, 0) is 19.0 Å². The fourth-order valence-electron chi connectivity index (χ4n) is 2.76. The molecule has 0 saturated carbocycles. The minimum absolute atomic E-state index is 0.0835. The van der Waals surface area contributed by atoms with Crippen molar-refractivity contribution in [2.45, 2.75) is 78.3 Å². The smallest absolute Gasteiger partial charge is 0.428 e. The molecule has 26 heavy (non-hydrogen) atoms. The second kappa shape index (κ2) is 10.5. The van der Waals surface area contributed by atoms with Crippen molar-refractivity contribution in [1.29, 1.82) is 0 Å². The molecule has 0 aromatic heterocycles. The van der Waals surface area contributed by atoms with Gasteiger partial charge < -0.3 is 19.3 Å². The molecule has 0 spiro atoms. The molecule has 0 aliphatic carbocycles. The molecular formula is C18H32N2O6. The van der Waals surface area contributed by atoms with Crippen molar-refractivity contribution in [3.8, 4) is 0 Å². The molecule has 1 aliphatic rings. The van der Waals surface area contributed by atoms with Crippen LogP contribution < -0.4 is 5.43 Å². The van der Waals surface area contributed by atoms with Crippen LogP contribution in [0.25, 0.3) is 0 Å². The Labute approximate surface area is 155 Å². The molecule has 0 aromatic carbocycles. The number of hydrazone groups is 1. The zero-order chi connectivity index (χ0) is 19.7. The third-order valence-corrected chi connectivity index (χ3v) is 4.10. The number of carboxylic acids is 1. The van der Waals surface area contributed by atoms with Crippen LogP contribution in [0.1, 0.15) is 60.3 Å². The molecule has 2 N–H and O–H groups in total. The van der Waals surface area contributed by atoms with Gasteiger partial charge in [0.25, 0.3) is 0 Å². The largest absolute Gasteiger partial charge is 0.481 e. The number of ether oxygens (including phenoxy) is 3. The highest BCUT2D eigenvalue weighted by atomic mass is 16.7. The number of carbonyl (C=O) groups excluding carboxylic acids is 1. The molecule has 0 radical (unpaired) electrons. The van der Waals surface area contributed by atoms with Gasteiger partial charge in [-0.05, 0) is 40.0 Å². The highest BCUT2D eigenvalue weighted by molar-refractivity contribution is 5.71. The van der Waals surface area contributed by atoms with E-state index < -0.39 is 17.7 Å². The Hall–Kier alpha value is -1.67. The first-order valence-electron chi connectivity index (χ1n) is 9.09. The van der Waals surface area contributed by atoms with Crippen LogP contribution in [0.15, 0.2) is 5.10 Å². The molecule has 0 aromatic rings. The summed E-state index contributed by atoms with van der Waals surface area (Å²) in [5, 5.41) is 12.7. The van der Waals surface area contributed by atoms with E-state index in [4.69, 9.17) is 19.3 Å². The van der Waals surface area contributed by atoms with Crippen molar-refractivity contribution >= 4 is 18.3 Å². The van der Waals surface area contributed by atoms with Crippen molar-refractivity contribution in [2.75, 3.05) is 6.61 Å². The molecule has 8 heteroatoms. The quantitative estimate of drug-likeness (QED) is 0.385. The molecule has 4 atom stereocenters. The van der Waals surface area contributed by atoms with Crippen molar-refractivity contribution < 1.29 is 28.9 Å². The second-order valence-electron chi connectivity index (χ2n) is 7.67. The van der Waals surface area contributed by atoms with Gasteiger partial charge in [0.2, 0.25) is 0 Å². The van der Waals surface area contributed by atoms with Crippen LogP contribution in [0.2, 0.25) is 0 Å². The Bertz CT molecular complexity index is 489. The zero-order valence-corrected chi connectivity index (χ0v) is 16.4. The first-order chi connectivity index (χ1) is 12.1. The van der Waals surface area contributed by atoms with E-state index in [0.717, 1.165) is 12.8 Å². The van der Waals surface area contributed by atoms with Gasteiger partial charge in [0, 0.05) is 12.3 Å². The lowest BCUT2D eigenvalue weighted by Crippen LogP contribution is -2.43. The topological polar surface area (TPSA) is 106 Å². The monoisotopic (exact) mass is 372 g/mol. The fraction of sp³-hybridized carbons (Fsp3) is 0.833. The Balaban J connectivity index is 2.53. The number of aliphatic carboxylic acids is 1. The maximum absolute atomic E-state index is 11.6. The van der Waals surface area contributed by atoms with Crippen molar-refractivity contribution in [2.24, 2.45) is 16.9 Å². The predicted octanol–water partition coefficient (Wildman–Crippen LogP) is 3.16. The average molecular weight is 372 g/mol. The van der Waals surface area contributed by atoms with Crippen LogP contribution in [0.4, 0.5) is 4.79 Å². The number of nitrogens with zero attached hydrogens (tertiary/aromatic N) is 1. The Kier molecular flexibility index (Phi) is 9.01. The summed E-state index contributed by atoms with van der Waals surface area (Å²) in [6.45, 7) is 9.78. The Morgan fingerprint density at radius 1 is 1.38 bits per heavy atom. The molecule has 1 rings (SSSR count). The number of carbonyl (C=O) groups is 2. The molecular weight excluding hydrogens is 340 g/mol. The van der Waals surface area contributed by atoms with Crippen LogP contribution in [0.3, 0.4) is 0 Å². The van der Waals surface area contributed by atoms with Crippen LogP contribution in [-0.4, -0.2) is 48.0 Å². The molecule has 1 heterocycles. The SMILES string of the molecule is CC(CCCCC(=O)O)[C@H]1CO[C@@H](C)O[C@H]1C=NNC(=O)OC(C)(C)C. The Morgan fingerprint density at radius 2 is 2.08 bits per heavy atom. The van der Waals surface area contributed by atoms with Crippen LogP contribution in [0.5, 0.6) is 0 Å². The van der Waals surface area contributed by atoms with Crippen LogP contribution in [0, 0.1) is 11.8 Å². The number of nitrogens with one attached hydrogen (secondary N) is 1. The highest BCUT2D eigenvalue weighted by Gasteiger charge is 2.32. The average Bonchev–Trinajstić information content (AvgIpc) is 2.49. The summed E-state index contributed by atoms with van der Waals surface area (Å²) in [6, 6.07) is 0. The third-order valence-electron chi connectivity index (χ3n) is 4.10. The number of amides is 1. The van der Waals surface area contributed by atoms with E-state index in [9.17, 15) is 9.59 Å². The van der Waals surface area contributed by atoms with E-state index in [2.05, 4.69) is 17.5 Å². The van der Waals surface area contributed by atoms with Crippen molar-refractivity contribution in [1.82, 2.24) is 5.43 Å². The number of hydrogen-bond donors (Lipinski definition) is 2. The molecule has 1 aliphatic heterocycles. The molecule has 0 bridgehead atoms. The van der Waals surface area contributed by atoms with E-state index in [-0.39, 0.29) is 30.7 Å². The van der Waals surface area contributed by atoms with Crippen LogP contribution >= 0.6 is 0 Å². The lowest BCUT2D eigenvalue weighted by atomic mass is 9.85. The zero-order valence-electron chi connectivity index (χ0n) is 16.4. The summed E-state index contributed by atoms with van der Waals surface area (Å²) < 4.78 is 16.5. The van der Waals surface area contributed by atoms with Gasteiger partial charge in [0.05, 0.1) is 12.8 Å². The Morgan fingerprint density at radius 3 is 2.69 bits per heavy atom. The summed E-state index contributed by atoms with van der Waals surface area (Å²) in [5.41, 5.74) is 1.76. The van der Waals surface area contributed by atoms with Gasteiger partial charge in [-0.2, -0.15) is 5.10 Å². The number of hydrogen-bond acceptors (Lipinski definition) is 6. The standard InChI is InChI=1S/C18H32N2O6/c1-12(8-6-7-9-16(21)22)14-11-24-13(2)25-15(14)10-19-20-17(23)26-18(3,4)5/h10,12-15H,6-9,11H2,1-5H3,(H,20,23)(H,21,22)/t12?,13-,14-,15+/m1/s1. The molecule has 1 saturated heterocycles. The molecule has 8 nitrogen and oxygen atoms in total. The summed E-state index contributed by atoms with van der Waals surface area (Å²) in [4.78, 5) is 22.2. The van der Waals surface area contributed by atoms with E-state index >= 15 is 0 Å². The maximum atomic E-state index is 11.6. The number of rotatable bonds is 8. The summed E-state index contributed by atoms with van der Waals surface area (Å²) in [5.74, 6) is -0.413. The van der Waals surface area contributed by atoms with Crippen molar-refractivity contribution in [3.05, 3.63) is 0 Å². The van der Waals surface area contributed by atoms with E-state index in [1.54, 1.807) is 27.0 Å². The fourth-order valence-corrected chi connectivity index (χ4v) is 2.76. The van der Waals surface area contributed by atoms with E-state index in [1.807, 2.05) is 6.92 Å². The number of unbranched alkanes of at least 4 members (excludes halogenated alkanes) is 1. The second-order valence-corrected chi connectivity index (χ2v) is 7.67. The third kappa shape index (κ3) is 9.15. The van der Waals surface area contributed by atoms with Gasteiger partial charge in [-0.15, -0.1) is 0 Å². The molecule has 1 fully saturated rings. The maximum Gasteiger partial charge on any atom is 0.428 e. The van der Waals surface area contributed by atoms with E-state index in [1.165, 1.54) is 0 Å². The van der Waals surface area contributed by atoms with Gasteiger partial charge in [-0.25, -0.2) is 10.2 Å².